The molecule has 1 fully saturated rings. The summed E-state index contributed by atoms with van der Waals surface area (Å²) >= 11 is 0. The average Bonchev–Trinajstić information content (AvgIpc) is 2.61. The number of aliphatic hydroxyl groups excluding tert-OH is 2. The number of ether oxygens (including phenoxy) is 1. The van der Waals surface area contributed by atoms with Crippen molar-refractivity contribution in [3.8, 4) is 0 Å². The Labute approximate surface area is 100 Å². The van der Waals surface area contributed by atoms with Crippen molar-refractivity contribution in [1.29, 1.82) is 0 Å². The Morgan fingerprint density at radius 3 is 2.67 bits per heavy atom. The maximum atomic E-state index is 13.1. The van der Waals surface area contributed by atoms with Crippen LogP contribution in [0.4, 0.5) is 4.39 Å². The van der Waals surface area contributed by atoms with Gasteiger partial charge in [0.2, 0.25) is 5.82 Å². The van der Waals surface area contributed by atoms with Crippen LogP contribution >= 0.6 is 0 Å². The number of hydrogen-bond donors (Lipinski definition) is 3. The molecule has 1 saturated heterocycles. The molecule has 3 N–H and O–H groups in total. The maximum Gasteiger partial charge on any atom is 0.330 e. The van der Waals surface area contributed by atoms with E-state index in [0.29, 0.717) is 12.6 Å². The second-order valence-corrected chi connectivity index (χ2v) is 4.10. The first-order valence-corrected chi connectivity index (χ1v) is 5.48. The van der Waals surface area contributed by atoms with E-state index in [1.54, 1.807) is 11.9 Å². The van der Waals surface area contributed by atoms with Crippen molar-refractivity contribution in [2.24, 2.45) is 0 Å². The second-order valence-electron chi connectivity index (χ2n) is 4.10. The molecular weight excluding hydrogens is 247 g/mol. The monoisotopic (exact) mass is 260 g/mol. The van der Waals surface area contributed by atoms with E-state index in [1.165, 1.54) is 0 Å². The van der Waals surface area contributed by atoms with E-state index in [0.717, 1.165) is 4.57 Å². The van der Waals surface area contributed by atoms with Crippen LogP contribution in [0.15, 0.2) is 15.8 Å². The van der Waals surface area contributed by atoms with Crippen molar-refractivity contribution in [3.05, 3.63) is 32.9 Å². The number of halogens is 1. The van der Waals surface area contributed by atoms with Gasteiger partial charge < -0.3 is 14.9 Å². The Kier molecular flexibility index (Phi) is 3.33. The number of H-pyrrole nitrogens is 1. The molecule has 0 bridgehead atoms. The fourth-order valence-electron chi connectivity index (χ4n) is 1.95. The third-order valence-electron chi connectivity index (χ3n) is 2.94. The summed E-state index contributed by atoms with van der Waals surface area (Å²) in [6.45, 7) is 1.74. The lowest BCUT2D eigenvalue weighted by atomic mass is 10.1. The molecule has 2 heterocycles. The molecule has 0 amide bonds. The first-order valence-electron chi connectivity index (χ1n) is 5.48. The molecule has 1 aromatic rings. The van der Waals surface area contributed by atoms with E-state index < -0.39 is 41.6 Å². The smallest absolute Gasteiger partial charge is 0.330 e. The molecule has 2 unspecified atom stereocenters. The van der Waals surface area contributed by atoms with Gasteiger partial charge in [0.1, 0.15) is 12.2 Å². The Hall–Kier alpha value is -1.51. The largest absolute Gasteiger partial charge is 0.388 e. The summed E-state index contributed by atoms with van der Waals surface area (Å²) < 4.78 is 19.1. The Morgan fingerprint density at radius 2 is 2.11 bits per heavy atom. The zero-order valence-electron chi connectivity index (χ0n) is 9.54. The summed E-state index contributed by atoms with van der Waals surface area (Å²) in [6.07, 6.45) is -3.31. The molecule has 0 aromatic carbocycles. The third kappa shape index (κ3) is 1.98. The minimum absolute atomic E-state index is 0.426. The molecule has 0 spiro atoms. The molecule has 1 aromatic heterocycles. The van der Waals surface area contributed by atoms with Crippen LogP contribution in [0.3, 0.4) is 0 Å². The molecule has 8 heteroatoms. The number of aromatic amines is 1. The molecule has 0 saturated carbocycles. The van der Waals surface area contributed by atoms with E-state index in [1.807, 2.05) is 0 Å². The van der Waals surface area contributed by atoms with Crippen LogP contribution in [0.5, 0.6) is 0 Å². The number of rotatable bonds is 2. The van der Waals surface area contributed by atoms with E-state index >= 15 is 0 Å². The van der Waals surface area contributed by atoms with E-state index in [9.17, 15) is 24.2 Å². The highest BCUT2D eigenvalue weighted by molar-refractivity contribution is 4.94. The van der Waals surface area contributed by atoms with Gasteiger partial charge in [-0.05, 0) is 6.42 Å². The summed E-state index contributed by atoms with van der Waals surface area (Å²) in [6, 6.07) is 0. The predicted octanol–water partition coefficient (Wildman–Crippen LogP) is -1.30. The first-order chi connectivity index (χ1) is 8.45. The normalized spacial score (nSPS) is 31.8. The summed E-state index contributed by atoms with van der Waals surface area (Å²) in [5, 5.41) is 19.4. The second kappa shape index (κ2) is 4.63. The summed E-state index contributed by atoms with van der Waals surface area (Å²) in [5.74, 6) is -1.17. The van der Waals surface area contributed by atoms with Gasteiger partial charge in [-0.1, -0.05) is 6.92 Å². The number of aliphatic hydroxyl groups is 2. The third-order valence-corrected chi connectivity index (χ3v) is 2.94. The molecule has 4 atom stereocenters. The van der Waals surface area contributed by atoms with E-state index in [-0.39, 0.29) is 0 Å². The van der Waals surface area contributed by atoms with E-state index in [4.69, 9.17) is 4.74 Å². The van der Waals surface area contributed by atoms with Gasteiger partial charge in [-0.15, -0.1) is 0 Å². The van der Waals surface area contributed by atoms with Gasteiger partial charge in [-0.25, -0.2) is 4.79 Å². The number of nitrogens with one attached hydrogen (secondary N) is 1. The van der Waals surface area contributed by atoms with Gasteiger partial charge in [0.05, 0.1) is 12.3 Å². The Morgan fingerprint density at radius 1 is 1.44 bits per heavy atom. The first kappa shape index (κ1) is 12.9. The maximum absolute atomic E-state index is 13.1. The topological polar surface area (TPSA) is 105 Å². The van der Waals surface area contributed by atoms with Crippen LogP contribution in [0.1, 0.15) is 19.6 Å². The predicted molar refractivity (Wildman–Crippen MR) is 57.5 cm³/mol. The fraction of sp³-hybridized carbons (Fsp3) is 0.600. The quantitative estimate of drug-likeness (QED) is 0.613. The lowest BCUT2D eigenvalue weighted by Gasteiger charge is -2.16. The van der Waals surface area contributed by atoms with Crippen molar-refractivity contribution in [1.82, 2.24) is 9.55 Å². The van der Waals surface area contributed by atoms with Gasteiger partial charge in [0.25, 0.3) is 5.56 Å². The SMILES string of the molecule is CC[C@H]1O[C@@H](n2cc(F)c(=O)[nH]c2=O)C(O)C1O. The van der Waals surface area contributed by atoms with Gasteiger partial charge >= 0.3 is 5.69 Å². The Bertz CT molecular complexity index is 554. The fourth-order valence-corrected chi connectivity index (χ4v) is 1.95. The van der Waals surface area contributed by atoms with Crippen LogP contribution in [0, 0.1) is 5.82 Å². The summed E-state index contributed by atoms with van der Waals surface area (Å²) in [4.78, 5) is 24.1. The van der Waals surface area contributed by atoms with Gasteiger partial charge in [0.15, 0.2) is 6.23 Å². The van der Waals surface area contributed by atoms with E-state index in [2.05, 4.69) is 0 Å². The number of hydrogen-bond acceptors (Lipinski definition) is 5. The van der Waals surface area contributed by atoms with Crippen LogP contribution in [0.25, 0.3) is 0 Å². The van der Waals surface area contributed by atoms with Crippen LogP contribution < -0.4 is 11.2 Å². The highest BCUT2D eigenvalue weighted by Gasteiger charge is 2.43. The highest BCUT2D eigenvalue weighted by atomic mass is 19.1. The molecule has 1 aliphatic rings. The Balaban J connectivity index is 2.42. The summed E-state index contributed by atoms with van der Waals surface area (Å²) in [5.41, 5.74) is -2.05. The van der Waals surface area contributed by atoms with Crippen molar-refractivity contribution >= 4 is 0 Å². The minimum Gasteiger partial charge on any atom is -0.388 e. The molecule has 0 radical (unpaired) electrons. The van der Waals surface area contributed by atoms with Gasteiger partial charge in [-0.2, -0.15) is 4.39 Å². The van der Waals surface area contributed by atoms with Crippen molar-refractivity contribution < 1.29 is 19.3 Å². The van der Waals surface area contributed by atoms with Crippen LogP contribution in [0.2, 0.25) is 0 Å². The molecule has 1 aliphatic heterocycles. The molecule has 100 valence electrons. The van der Waals surface area contributed by atoms with Crippen molar-refractivity contribution in [2.45, 2.75) is 37.9 Å². The zero-order chi connectivity index (χ0) is 13.4. The van der Waals surface area contributed by atoms with Crippen molar-refractivity contribution in [3.63, 3.8) is 0 Å². The highest BCUT2D eigenvalue weighted by Crippen LogP contribution is 2.29. The minimum atomic E-state index is -1.36. The van der Waals surface area contributed by atoms with Crippen molar-refractivity contribution in [2.75, 3.05) is 0 Å². The standard InChI is InChI=1S/C10H13FN2O5/c1-2-5-6(14)7(15)9(18-5)13-3-4(11)8(16)12-10(13)17/h3,5-7,9,14-15H,2H2,1H3,(H,12,16,17)/t5-,6?,7?,9-/m1/s1. The summed E-state index contributed by atoms with van der Waals surface area (Å²) in [7, 11) is 0. The lowest BCUT2D eigenvalue weighted by Crippen LogP contribution is -2.38. The zero-order valence-corrected chi connectivity index (χ0v) is 9.54. The molecular formula is C10H13FN2O5. The lowest BCUT2D eigenvalue weighted by molar-refractivity contribution is -0.0410. The van der Waals surface area contributed by atoms with Crippen LogP contribution in [-0.2, 0) is 4.74 Å². The number of nitrogens with zero attached hydrogens (tertiary/aromatic N) is 1. The van der Waals surface area contributed by atoms with Gasteiger partial charge in [-0.3, -0.25) is 14.3 Å². The average molecular weight is 260 g/mol. The molecule has 2 rings (SSSR count). The van der Waals surface area contributed by atoms with Gasteiger partial charge in [0, 0.05) is 0 Å². The molecule has 18 heavy (non-hydrogen) atoms. The molecule has 7 nitrogen and oxygen atoms in total. The molecule has 0 aliphatic carbocycles. The number of aromatic nitrogens is 2. The van der Waals surface area contributed by atoms with Crippen LogP contribution in [-0.4, -0.2) is 38.1 Å².